The third-order valence-electron chi connectivity index (χ3n) is 4.20. The van der Waals surface area contributed by atoms with E-state index in [0.717, 1.165) is 6.07 Å². The fourth-order valence-corrected chi connectivity index (χ4v) is 2.80. The van der Waals surface area contributed by atoms with Crippen LogP contribution in [-0.4, -0.2) is 21.9 Å². The van der Waals surface area contributed by atoms with Crippen molar-refractivity contribution in [2.45, 2.75) is 39.3 Å². The van der Waals surface area contributed by atoms with Crippen molar-refractivity contribution in [1.29, 1.82) is 0 Å². The Morgan fingerprint density at radius 2 is 1.65 bits per heavy atom. The molecular formula is C19H20F3N3O. The Bertz CT molecular complexity index is 951. The number of alkyl halides is 3. The van der Waals surface area contributed by atoms with Gasteiger partial charge < -0.3 is 4.74 Å². The van der Waals surface area contributed by atoms with Crippen LogP contribution in [0.25, 0.3) is 16.7 Å². The van der Waals surface area contributed by atoms with E-state index in [1.54, 1.807) is 38.3 Å². The number of halogens is 3. The van der Waals surface area contributed by atoms with Crippen LogP contribution < -0.4 is 4.74 Å². The SMILES string of the molecule is COc1ccc(-n2nc(C)c3c(C(F)(F)F)cc(C(C)(C)C)nc32)cc1. The Hall–Kier alpha value is -2.57. The Morgan fingerprint density at radius 3 is 2.15 bits per heavy atom. The first-order valence-corrected chi connectivity index (χ1v) is 8.15. The highest BCUT2D eigenvalue weighted by molar-refractivity contribution is 5.84. The summed E-state index contributed by atoms with van der Waals surface area (Å²) in [7, 11) is 1.55. The molecule has 4 nitrogen and oxygen atoms in total. The van der Waals surface area contributed by atoms with Crippen molar-refractivity contribution in [3.05, 3.63) is 47.3 Å². The highest BCUT2D eigenvalue weighted by Crippen LogP contribution is 2.38. The highest BCUT2D eigenvalue weighted by atomic mass is 19.4. The maximum atomic E-state index is 13.7. The lowest BCUT2D eigenvalue weighted by atomic mass is 9.90. The summed E-state index contributed by atoms with van der Waals surface area (Å²) in [5.41, 5.74) is 0.243. The molecule has 7 heteroatoms. The number of rotatable bonds is 2. The van der Waals surface area contributed by atoms with Crippen LogP contribution in [0, 0.1) is 6.92 Å². The topological polar surface area (TPSA) is 39.9 Å². The molecule has 0 saturated heterocycles. The van der Waals surface area contributed by atoms with E-state index in [2.05, 4.69) is 10.1 Å². The van der Waals surface area contributed by atoms with Crippen molar-refractivity contribution in [2.75, 3.05) is 7.11 Å². The van der Waals surface area contributed by atoms with Crippen LogP contribution in [0.15, 0.2) is 30.3 Å². The molecule has 138 valence electrons. The van der Waals surface area contributed by atoms with Crippen molar-refractivity contribution >= 4 is 11.0 Å². The lowest BCUT2D eigenvalue weighted by Gasteiger charge is -2.20. The Morgan fingerprint density at radius 1 is 1.04 bits per heavy atom. The molecule has 2 aromatic heterocycles. The van der Waals surface area contributed by atoms with Gasteiger partial charge in [-0.2, -0.15) is 18.3 Å². The average Bonchev–Trinajstić information content (AvgIpc) is 2.89. The monoisotopic (exact) mass is 363 g/mol. The van der Waals surface area contributed by atoms with Crippen molar-refractivity contribution in [3.8, 4) is 11.4 Å². The number of aryl methyl sites for hydroxylation is 1. The lowest BCUT2D eigenvalue weighted by Crippen LogP contribution is -2.17. The molecule has 0 saturated carbocycles. The molecule has 0 aliphatic carbocycles. The second-order valence-electron chi connectivity index (χ2n) is 7.20. The van der Waals surface area contributed by atoms with E-state index >= 15 is 0 Å². The summed E-state index contributed by atoms with van der Waals surface area (Å²) in [5, 5.41) is 4.36. The Balaban J connectivity index is 2.35. The smallest absolute Gasteiger partial charge is 0.417 e. The molecule has 2 heterocycles. The van der Waals surface area contributed by atoms with Gasteiger partial charge in [-0.1, -0.05) is 20.8 Å². The summed E-state index contributed by atoms with van der Waals surface area (Å²) in [4.78, 5) is 4.53. The molecule has 0 amide bonds. The third-order valence-corrected chi connectivity index (χ3v) is 4.20. The molecule has 0 spiro atoms. The first kappa shape index (κ1) is 18.2. The first-order chi connectivity index (χ1) is 12.0. The zero-order chi connectivity index (χ0) is 19.3. The number of pyridine rings is 1. The quantitative estimate of drug-likeness (QED) is 0.639. The predicted octanol–water partition coefficient (Wildman–Crippen LogP) is 5.05. The van der Waals surface area contributed by atoms with E-state index in [9.17, 15) is 13.2 Å². The molecule has 3 rings (SSSR count). The van der Waals surface area contributed by atoms with Crippen LogP contribution in [0.3, 0.4) is 0 Å². The molecule has 0 aliphatic rings. The zero-order valence-electron chi connectivity index (χ0n) is 15.3. The third kappa shape index (κ3) is 3.13. The summed E-state index contributed by atoms with van der Waals surface area (Å²) in [6.07, 6.45) is -4.49. The number of benzene rings is 1. The van der Waals surface area contributed by atoms with Gasteiger partial charge in [0, 0.05) is 11.1 Å². The molecule has 0 radical (unpaired) electrons. The second kappa shape index (κ2) is 6.00. The molecule has 26 heavy (non-hydrogen) atoms. The van der Waals surface area contributed by atoms with Crippen molar-refractivity contribution in [2.24, 2.45) is 0 Å². The normalized spacial score (nSPS) is 12.6. The standard InChI is InChI=1S/C19H20F3N3O/c1-11-16-14(19(20,21)22)10-15(18(2,3)4)23-17(16)25(24-11)12-6-8-13(26-5)9-7-12/h6-10H,1-5H3. The summed E-state index contributed by atoms with van der Waals surface area (Å²) in [6, 6.07) is 8.08. The number of fused-ring (bicyclic) bond motifs is 1. The van der Waals surface area contributed by atoms with Crippen molar-refractivity contribution in [1.82, 2.24) is 14.8 Å². The van der Waals surface area contributed by atoms with E-state index < -0.39 is 17.2 Å². The van der Waals surface area contributed by atoms with Gasteiger partial charge in [0.2, 0.25) is 0 Å². The van der Waals surface area contributed by atoms with Gasteiger partial charge in [0.1, 0.15) is 5.75 Å². The Labute approximate surface area is 149 Å². The fourth-order valence-electron chi connectivity index (χ4n) is 2.80. The molecule has 1 aromatic carbocycles. The highest BCUT2D eigenvalue weighted by Gasteiger charge is 2.36. The zero-order valence-corrected chi connectivity index (χ0v) is 15.3. The number of aromatic nitrogens is 3. The molecule has 0 fully saturated rings. The minimum atomic E-state index is -4.49. The summed E-state index contributed by atoms with van der Waals surface area (Å²) in [6.45, 7) is 7.07. The van der Waals surface area contributed by atoms with Gasteiger partial charge in [-0.25, -0.2) is 9.67 Å². The van der Waals surface area contributed by atoms with Gasteiger partial charge in [-0.15, -0.1) is 0 Å². The number of nitrogens with zero attached hydrogens (tertiary/aromatic N) is 3. The van der Waals surface area contributed by atoms with E-state index in [0.29, 0.717) is 17.1 Å². The van der Waals surface area contributed by atoms with Crippen molar-refractivity contribution < 1.29 is 17.9 Å². The molecular weight excluding hydrogens is 343 g/mol. The van der Waals surface area contributed by atoms with E-state index in [-0.39, 0.29) is 16.7 Å². The molecule has 0 unspecified atom stereocenters. The number of methoxy groups -OCH3 is 1. The van der Waals surface area contributed by atoms with E-state index in [4.69, 9.17) is 4.74 Å². The Kier molecular flexibility index (Phi) is 4.21. The fraction of sp³-hybridized carbons (Fsp3) is 0.368. The first-order valence-electron chi connectivity index (χ1n) is 8.15. The number of ether oxygens (including phenoxy) is 1. The van der Waals surface area contributed by atoms with Gasteiger partial charge in [0.15, 0.2) is 5.65 Å². The maximum Gasteiger partial charge on any atom is 0.417 e. The van der Waals surface area contributed by atoms with Crippen molar-refractivity contribution in [3.63, 3.8) is 0 Å². The van der Waals surface area contributed by atoms with Crippen LogP contribution in [0.1, 0.15) is 37.7 Å². The second-order valence-corrected chi connectivity index (χ2v) is 7.20. The minimum absolute atomic E-state index is 0.0290. The summed E-state index contributed by atoms with van der Waals surface area (Å²) in [5.74, 6) is 0.654. The maximum absolute atomic E-state index is 13.7. The summed E-state index contributed by atoms with van der Waals surface area (Å²) >= 11 is 0. The largest absolute Gasteiger partial charge is 0.497 e. The predicted molar refractivity (Wildman–Crippen MR) is 93.9 cm³/mol. The summed E-state index contributed by atoms with van der Waals surface area (Å²) < 4.78 is 47.7. The minimum Gasteiger partial charge on any atom is -0.497 e. The van der Waals surface area contributed by atoms with Crippen LogP contribution >= 0.6 is 0 Å². The van der Waals surface area contributed by atoms with Crippen LogP contribution in [-0.2, 0) is 11.6 Å². The van der Waals surface area contributed by atoms with Gasteiger partial charge in [0.25, 0.3) is 0 Å². The van der Waals surface area contributed by atoms with E-state index in [1.807, 2.05) is 20.8 Å². The average molecular weight is 363 g/mol. The number of hydrogen-bond acceptors (Lipinski definition) is 3. The van der Waals surface area contributed by atoms with E-state index in [1.165, 1.54) is 4.68 Å². The molecule has 0 bridgehead atoms. The number of hydrogen-bond donors (Lipinski definition) is 0. The van der Waals surface area contributed by atoms with Gasteiger partial charge in [-0.3, -0.25) is 0 Å². The van der Waals surface area contributed by atoms with Crippen LogP contribution in [0.4, 0.5) is 13.2 Å². The van der Waals surface area contributed by atoms with Crippen LogP contribution in [0.5, 0.6) is 5.75 Å². The molecule has 0 N–H and O–H groups in total. The van der Waals surface area contributed by atoms with Gasteiger partial charge in [-0.05, 0) is 37.3 Å². The van der Waals surface area contributed by atoms with Gasteiger partial charge >= 0.3 is 6.18 Å². The molecule has 3 aromatic rings. The van der Waals surface area contributed by atoms with Crippen LogP contribution in [0.2, 0.25) is 0 Å². The molecule has 0 atom stereocenters. The lowest BCUT2D eigenvalue weighted by molar-refractivity contribution is -0.136. The molecule has 0 aliphatic heterocycles. The van der Waals surface area contributed by atoms with Gasteiger partial charge in [0.05, 0.1) is 29.4 Å².